The van der Waals surface area contributed by atoms with E-state index in [1.54, 1.807) is 13.3 Å². The molecule has 0 spiro atoms. The van der Waals surface area contributed by atoms with Crippen LogP contribution >= 0.6 is 15.9 Å². The van der Waals surface area contributed by atoms with E-state index in [-0.39, 0.29) is 6.61 Å². The Kier molecular flexibility index (Phi) is 3.52. The van der Waals surface area contributed by atoms with Crippen molar-refractivity contribution in [2.75, 3.05) is 13.7 Å². The molecule has 0 fully saturated rings. The van der Waals surface area contributed by atoms with Crippen molar-refractivity contribution in [1.29, 1.82) is 0 Å². The van der Waals surface area contributed by atoms with Gasteiger partial charge in [-0.15, -0.1) is 0 Å². The van der Waals surface area contributed by atoms with Crippen LogP contribution in [0.25, 0.3) is 11.2 Å². The van der Waals surface area contributed by atoms with Crippen molar-refractivity contribution in [3.05, 3.63) is 22.6 Å². The van der Waals surface area contributed by atoms with Crippen molar-refractivity contribution in [2.24, 2.45) is 0 Å². The van der Waals surface area contributed by atoms with Crippen LogP contribution in [0.2, 0.25) is 0 Å². The van der Waals surface area contributed by atoms with Gasteiger partial charge in [0.25, 0.3) is 0 Å². The Morgan fingerprint density at radius 3 is 3.06 bits per heavy atom. The summed E-state index contributed by atoms with van der Waals surface area (Å²) in [4.78, 5) is 8.71. The number of hydrogen-bond acceptors (Lipinski definition) is 4. The maximum atomic E-state index is 9.02. The second kappa shape index (κ2) is 4.90. The number of rotatable bonds is 4. The van der Waals surface area contributed by atoms with Crippen LogP contribution in [-0.2, 0) is 17.9 Å². The fourth-order valence-electron chi connectivity index (χ4n) is 1.61. The number of pyridine rings is 1. The SMILES string of the molecule is COCc1nc2cc(Br)cnc2n1CCO. The van der Waals surface area contributed by atoms with E-state index in [1.807, 2.05) is 10.6 Å². The predicted octanol–water partition coefficient (Wildman–Crippen LogP) is 1.33. The van der Waals surface area contributed by atoms with E-state index in [4.69, 9.17) is 9.84 Å². The van der Waals surface area contributed by atoms with Gasteiger partial charge in [-0.2, -0.15) is 0 Å². The number of nitrogens with zero attached hydrogens (tertiary/aromatic N) is 3. The van der Waals surface area contributed by atoms with E-state index in [0.29, 0.717) is 13.2 Å². The van der Waals surface area contributed by atoms with Crippen LogP contribution in [0.4, 0.5) is 0 Å². The van der Waals surface area contributed by atoms with E-state index in [0.717, 1.165) is 21.5 Å². The van der Waals surface area contributed by atoms with Crippen LogP contribution in [-0.4, -0.2) is 33.4 Å². The molecule has 2 rings (SSSR count). The summed E-state index contributed by atoms with van der Waals surface area (Å²) in [6.07, 6.45) is 1.72. The average Bonchev–Trinajstić information content (AvgIpc) is 2.57. The number of aromatic nitrogens is 3. The Bertz CT molecular complexity index is 498. The molecule has 2 aromatic heterocycles. The number of halogens is 1. The number of hydrogen-bond donors (Lipinski definition) is 1. The van der Waals surface area contributed by atoms with Crippen LogP contribution in [0.1, 0.15) is 5.82 Å². The molecule has 0 aromatic carbocycles. The van der Waals surface area contributed by atoms with Crippen LogP contribution in [0.3, 0.4) is 0 Å². The molecule has 0 radical (unpaired) electrons. The summed E-state index contributed by atoms with van der Waals surface area (Å²) in [5, 5.41) is 9.02. The molecule has 0 bridgehead atoms. The van der Waals surface area contributed by atoms with E-state index in [9.17, 15) is 0 Å². The molecule has 0 atom stereocenters. The zero-order valence-electron chi connectivity index (χ0n) is 8.85. The van der Waals surface area contributed by atoms with E-state index in [1.165, 1.54) is 0 Å². The molecule has 0 saturated heterocycles. The fourth-order valence-corrected chi connectivity index (χ4v) is 1.93. The fraction of sp³-hybridized carbons (Fsp3) is 0.400. The topological polar surface area (TPSA) is 60.2 Å². The summed E-state index contributed by atoms with van der Waals surface area (Å²) in [7, 11) is 1.62. The Labute approximate surface area is 101 Å². The summed E-state index contributed by atoms with van der Waals surface area (Å²) in [6, 6.07) is 1.90. The maximum Gasteiger partial charge on any atom is 0.160 e. The van der Waals surface area contributed by atoms with Crippen molar-refractivity contribution in [2.45, 2.75) is 13.2 Å². The molecule has 86 valence electrons. The van der Waals surface area contributed by atoms with Crippen molar-refractivity contribution in [1.82, 2.24) is 14.5 Å². The first kappa shape index (κ1) is 11.5. The van der Waals surface area contributed by atoms with Gasteiger partial charge >= 0.3 is 0 Å². The zero-order chi connectivity index (χ0) is 11.5. The highest BCUT2D eigenvalue weighted by atomic mass is 79.9. The Morgan fingerprint density at radius 2 is 2.38 bits per heavy atom. The van der Waals surface area contributed by atoms with Gasteiger partial charge in [0.2, 0.25) is 0 Å². The first-order valence-electron chi connectivity index (χ1n) is 4.86. The molecule has 1 N–H and O–H groups in total. The van der Waals surface area contributed by atoms with Crippen molar-refractivity contribution in [3.63, 3.8) is 0 Å². The second-order valence-corrected chi connectivity index (χ2v) is 4.25. The number of ether oxygens (including phenoxy) is 1. The lowest BCUT2D eigenvalue weighted by Gasteiger charge is -2.05. The standard InChI is InChI=1S/C10H12BrN3O2/c1-16-6-9-13-8-4-7(11)5-12-10(8)14(9)2-3-15/h4-5,15H,2-3,6H2,1H3. The van der Waals surface area contributed by atoms with Crippen LogP contribution < -0.4 is 0 Å². The predicted molar refractivity (Wildman–Crippen MR) is 63.0 cm³/mol. The number of fused-ring (bicyclic) bond motifs is 1. The zero-order valence-corrected chi connectivity index (χ0v) is 10.4. The lowest BCUT2D eigenvalue weighted by Crippen LogP contribution is -2.08. The molecule has 2 aromatic rings. The molecule has 0 saturated carbocycles. The molecule has 0 unspecified atom stereocenters. The first-order chi connectivity index (χ1) is 7.76. The molecule has 0 amide bonds. The Balaban J connectivity index is 2.56. The van der Waals surface area contributed by atoms with Gasteiger partial charge in [0.05, 0.1) is 6.61 Å². The highest BCUT2D eigenvalue weighted by Crippen LogP contribution is 2.18. The smallest absolute Gasteiger partial charge is 0.160 e. The van der Waals surface area contributed by atoms with E-state index >= 15 is 0 Å². The molecular weight excluding hydrogens is 274 g/mol. The Morgan fingerprint density at radius 1 is 1.56 bits per heavy atom. The summed E-state index contributed by atoms with van der Waals surface area (Å²) in [6.45, 7) is 0.942. The molecular formula is C10H12BrN3O2. The van der Waals surface area contributed by atoms with Crippen molar-refractivity contribution >= 4 is 27.1 Å². The molecule has 0 aliphatic heterocycles. The van der Waals surface area contributed by atoms with E-state index < -0.39 is 0 Å². The summed E-state index contributed by atoms with van der Waals surface area (Å²) < 4.78 is 7.82. The van der Waals surface area contributed by atoms with Gasteiger partial charge in [-0.1, -0.05) is 0 Å². The number of aliphatic hydroxyl groups excluding tert-OH is 1. The van der Waals surface area contributed by atoms with Gasteiger partial charge in [0.1, 0.15) is 17.9 Å². The largest absolute Gasteiger partial charge is 0.395 e. The Hall–Kier alpha value is -0.980. The molecule has 2 heterocycles. The molecule has 16 heavy (non-hydrogen) atoms. The van der Waals surface area contributed by atoms with Crippen LogP contribution in [0.5, 0.6) is 0 Å². The molecule has 5 nitrogen and oxygen atoms in total. The van der Waals surface area contributed by atoms with E-state index in [2.05, 4.69) is 25.9 Å². The van der Waals surface area contributed by atoms with Crippen LogP contribution in [0.15, 0.2) is 16.7 Å². The normalized spacial score (nSPS) is 11.2. The molecule has 0 aliphatic carbocycles. The minimum Gasteiger partial charge on any atom is -0.395 e. The summed E-state index contributed by atoms with van der Waals surface area (Å²) >= 11 is 3.35. The number of aliphatic hydroxyl groups is 1. The van der Waals surface area contributed by atoms with Crippen LogP contribution in [0, 0.1) is 0 Å². The third-order valence-corrected chi connectivity index (χ3v) is 2.66. The van der Waals surface area contributed by atoms with Crippen molar-refractivity contribution in [3.8, 4) is 0 Å². The summed E-state index contributed by atoms with van der Waals surface area (Å²) in [5.41, 5.74) is 1.57. The maximum absolute atomic E-state index is 9.02. The lowest BCUT2D eigenvalue weighted by atomic mass is 10.4. The summed E-state index contributed by atoms with van der Waals surface area (Å²) in [5.74, 6) is 0.775. The van der Waals surface area contributed by atoms with Gasteiger partial charge in [-0.05, 0) is 22.0 Å². The molecule has 0 aliphatic rings. The highest BCUT2D eigenvalue weighted by Gasteiger charge is 2.11. The van der Waals surface area contributed by atoms with Gasteiger partial charge in [-0.25, -0.2) is 9.97 Å². The average molecular weight is 286 g/mol. The third-order valence-electron chi connectivity index (χ3n) is 2.23. The molecule has 6 heteroatoms. The van der Waals surface area contributed by atoms with Gasteiger partial charge < -0.3 is 14.4 Å². The van der Waals surface area contributed by atoms with Gasteiger partial charge in [-0.3, -0.25) is 0 Å². The quantitative estimate of drug-likeness (QED) is 0.921. The third kappa shape index (κ3) is 2.09. The first-order valence-corrected chi connectivity index (χ1v) is 5.66. The second-order valence-electron chi connectivity index (χ2n) is 3.33. The highest BCUT2D eigenvalue weighted by molar-refractivity contribution is 9.10. The van der Waals surface area contributed by atoms with Crippen molar-refractivity contribution < 1.29 is 9.84 Å². The minimum atomic E-state index is 0.0555. The minimum absolute atomic E-state index is 0.0555. The lowest BCUT2D eigenvalue weighted by molar-refractivity contribution is 0.172. The monoisotopic (exact) mass is 285 g/mol. The van der Waals surface area contributed by atoms with Gasteiger partial charge in [0.15, 0.2) is 5.65 Å². The number of imidazole rings is 1. The number of methoxy groups -OCH3 is 1. The van der Waals surface area contributed by atoms with Gasteiger partial charge in [0, 0.05) is 24.3 Å².